The molecule has 0 aliphatic rings. The van der Waals surface area contributed by atoms with Gasteiger partial charge in [0.2, 0.25) is 0 Å². The summed E-state index contributed by atoms with van der Waals surface area (Å²) in [6.07, 6.45) is 3.83. The van der Waals surface area contributed by atoms with Crippen molar-refractivity contribution in [1.29, 1.82) is 0 Å². The first-order valence-electron chi connectivity index (χ1n) is 5.53. The average molecular weight is 215 g/mol. The number of aryl methyl sites for hydroxylation is 1. The third kappa shape index (κ3) is 2.63. The maximum atomic E-state index is 4.12. The summed E-state index contributed by atoms with van der Waals surface area (Å²) in [4.78, 5) is 0. The highest BCUT2D eigenvalue weighted by atomic mass is 15.3. The Kier molecular flexibility index (Phi) is 3.25. The van der Waals surface area contributed by atoms with Gasteiger partial charge < -0.3 is 5.32 Å². The van der Waals surface area contributed by atoms with Crippen LogP contribution in [0.4, 0.5) is 5.69 Å². The molecule has 0 spiro atoms. The largest absolute Gasteiger partial charge is 0.382 e. The van der Waals surface area contributed by atoms with Gasteiger partial charge in [0, 0.05) is 19.8 Å². The van der Waals surface area contributed by atoms with E-state index >= 15 is 0 Å². The van der Waals surface area contributed by atoms with E-state index in [9.17, 15) is 0 Å². The van der Waals surface area contributed by atoms with Gasteiger partial charge in [-0.15, -0.1) is 0 Å². The molecule has 1 heterocycles. The van der Waals surface area contributed by atoms with Crippen molar-refractivity contribution in [2.45, 2.75) is 12.8 Å². The summed E-state index contributed by atoms with van der Waals surface area (Å²) in [5, 5.41) is 7.50. The number of nitrogens with one attached hydrogen (secondary N) is 1. The Morgan fingerprint density at radius 1 is 1.31 bits per heavy atom. The van der Waals surface area contributed by atoms with Crippen LogP contribution in [0.5, 0.6) is 0 Å². The van der Waals surface area contributed by atoms with Gasteiger partial charge in [-0.3, -0.25) is 4.68 Å². The summed E-state index contributed by atoms with van der Waals surface area (Å²) in [5.74, 6) is 0.501. The van der Waals surface area contributed by atoms with Crippen molar-refractivity contribution in [2.75, 3.05) is 11.9 Å². The lowest BCUT2D eigenvalue weighted by Gasteiger charge is -2.12. The van der Waals surface area contributed by atoms with Gasteiger partial charge in [-0.05, 0) is 11.5 Å². The van der Waals surface area contributed by atoms with E-state index in [1.165, 1.54) is 5.56 Å². The molecule has 1 aromatic carbocycles. The number of benzene rings is 1. The van der Waals surface area contributed by atoms with E-state index in [0.717, 1.165) is 12.2 Å². The number of nitrogens with zero attached hydrogens (tertiary/aromatic N) is 2. The second-order valence-corrected chi connectivity index (χ2v) is 4.10. The van der Waals surface area contributed by atoms with E-state index in [1.54, 1.807) is 4.68 Å². The minimum absolute atomic E-state index is 0.501. The summed E-state index contributed by atoms with van der Waals surface area (Å²) in [6.45, 7) is 3.15. The molecular formula is C13H17N3. The van der Waals surface area contributed by atoms with Crippen LogP contribution < -0.4 is 5.32 Å². The smallest absolute Gasteiger partial charge is 0.0726 e. The van der Waals surface area contributed by atoms with Crippen molar-refractivity contribution in [3.8, 4) is 0 Å². The first kappa shape index (κ1) is 10.7. The van der Waals surface area contributed by atoms with E-state index in [4.69, 9.17) is 0 Å². The highest BCUT2D eigenvalue weighted by molar-refractivity contribution is 5.38. The highest BCUT2D eigenvalue weighted by Crippen LogP contribution is 2.15. The Morgan fingerprint density at radius 3 is 2.69 bits per heavy atom. The molecule has 1 unspecified atom stereocenters. The third-order valence-electron chi connectivity index (χ3n) is 2.69. The molecule has 1 N–H and O–H groups in total. The molecule has 16 heavy (non-hydrogen) atoms. The van der Waals surface area contributed by atoms with Crippen LogP contribution in [0, 0.1) is 0 Å². The van der Waals surface area contributed by atoms with Crippen LogP contribution >= 0.6 is 0 Å². The lowest BCUT2D eigenvalue weighted by Crippen LogP contribution is -2.09. The summed E-state index contributed by atoms with van der Waals surface area (Å²) in [5.41, 5.74) is 2.43. The quantitative estimate of drug-likeness (QED) is 0.849. The summed E-state index contributed by atoms with van der Waals surface area (Å²) in [6, 6.07) is 10.5. The molecule has 0 aliphatic heterocycles. The van der Waals surface area contributed by atoms with Crippen LogP contribution in [0.3, 0.4) is 0 Å². The zero-order valence-electron chi connectivity index (χ0n) is 9.72. The maximum Gasteiger partial charge on any atom is 0.0726 e. The fourth-order valence-corrected chi connectivity index (χ4v) is 1.68. The Bertz CT molecular complexity index is 433. The molecule has 84 valence electrons. The van der Waals surface area contributed by atoms with Gasteiger partial charge in [-0.1, -0.05) is 37.3 Å². The molecule has 0 saturated carbocycles. The summed E-state index contributed by atoms with van der Waals surface area (Å²) < 4.78 is 1.80. The van der Waals surface area contributed by atoms with Gasteiger partial charge in [0.1, 0.15) is 0 Å². The molecule has 0 aliphatic carbocycles. The first-order valence-corrected chi connectivity index (χ1v) is 5.53. The predicted molar refractivity (Wildman–Crippen MR) is 66.6 cm³/mol. The van der Waals surface area contributed by atoms with Crippen LogP contribution in [-0.4, -0.2) is 16.3 Å². The zero-order chi connectivity index (χ0) is 11.4. The molecule has 3 nitrogen and oxygen atoms in total. The SMILES string of the molecule is CC(CNc1cnn(C)c1)c1ccccc1. The van der Waals surface area contributed by atoms with Crippen molar-refractivity contribution < 1.29 is 0 Å². The van der Waals surface area contributed by atoms with Gasteiger partial charge in [-0.25, -0.2) is 0 Å². The van der Waals surface area contributed by atoms with Crippen molar-refractivity contribution in [3.05, 3.63) is 48.3 Å². The molecule has 0 bridgehead atoms. The zero-order valence-corrected chi connectivity index (χ0v) is 9.72. The normalized spacial score (nSPS) is 12.4. The lowest BCUT2D eigenvalue weighted by molar-refractivity contribution is 0.767. The number of hydrogen-bond donors (Lipinski definition) is 1. The van der Waals surface area contributed by atoms with E-state index in [-0.39, 0.29) is 0 Å². The van der Waals surface area contributed by atoms with Crippen molar-refractivity contribution in [1.82, 2.24) is 9.78 Å². The van der Waals surface area contributed by atoms with Gasteiger partial charge in [-0.2, -0.15) is 5.10 Å². The third-order valence-corrected chi connectivity index (χ3v) is 2.69. The number of rotatable bonds is 4. The molecule has 0 fully saturated rings. The minimum atomic E-state index is 0.501. The Balaban J connectivity index is 1.91. The fraction of sp³-hybridized carbons (Fsp3) is 0.308. The molecule has 0 amide bonds. The van der Waals surface area contributed by atoms with E-state index < -0.39 is 0 Å². The Morgan fingerprint density at radius 2 is 2.06 bits per heavy atom. The number of anilines is 1. The molecular weight excluding hydrogens is 198 g/mol. The van der Waals surface area contributed by atoms with Crippen molar-refractivity contribution in [2.24, 2.45) is 7.05 Å². The second-order valence-electron chi connectivity index (χ2n) is 4.10. The monoisotopic (exact) mass is 215 g/mol. The summed E-state index contributed by atoms with van der Waals surface area (Å²) in [7, 11) is 1.92. The maximum absolute atomic E-state index is 4.12. The van der Waals surface area contributed by atoms with E-state index in [1.807, 2.05) is 25.5 Å². The first-order chi connectivity index (χ1) is 7.75. The van der Waals surface area contributed by atoms with Crippen LogP contribution in [0.25, 0.3) is 0 Å². The summed E-state index contributed by atoms with van der Waals surface area (Å²) >= 11 is 0. The molecule has 1 atom stereocenters. The lowest BCUT2D eigenvalue weighted by atomic mass is 10.0. The minimum Gasteiger partial charge on any atom is -0.382 e. The van der Waals surface area contributed by atoms with Crippen LogP contribution in [0.1, 0.15) is 18.4 Å². The molecule has 2 aromatic rings. The fourth-order valence-electron chi connectivity index (χ4n) is 1.68. The van der Waals surface area contributed by atoms with Gasteiger partial charge in [0.05, 0.1) is 11.9 Å². The van der Waals surface area contributed by atoms with Crippen LogP contribution in [0.15, 0.2) is 42.7 Å². The van der Waals surface area contributed by atoms with E-state index in [0.29, 0.717) is 5.92 Å². The number of hydrogen-bond acceptors (Lipinski definition) is 2. The van der Waals surface area contributed by atoms with Crippen LogP contribution in [0.2, 0.25) is 0 Å². The Labute approximate surface area is 96.1 Å². The van der Waals surface area contributed by atoms with Gasteiger partial charge in [0.15, 0.2) is 0 Å². The standard InChI is InChI=1S/C13H17N3/c1-11(12-6-4-3-5-7-12)8-14-13-9-15-16(2)10-13/h3-7,9-11,14H,8H2,1-2H3. The highest BCUT2D eigenvalue weighted by Gasteiger charge is 2.04. The van der Waals surface area contributed by atoms with E-state index in [2.05, 4.69) is 41.6 Å². The van der Waals surface area contributed by atoms with Crippen molar-refractivity contribution >= 4 is 5.69 Å². The van der Waals surface area contributed by atoms with Gasteiger partial charge in [0.25, 0.3) is 0 Å². The second kappa shape index (κ2) is 4.84. The molecule has 2 rings (SSSR count). The van der Waals surface area contributed by atoms with Crippen LogP contribution in [-0.2, 0) is 7.05 Å². The predicted octanol–water partition coefficient (Wildman–Crippen LogP) is 2.64. The molecule has 0 radical (unpaired) electrons. The van der Waals surface area contributed by atoms with Crippen molar-refractivity contribution in [3.63, 3.8) is 0 Å². The number of aromatic nitrogens is 2. The molecule has 0 saturated heterocycles. The average Bonchev–Trinajstić information content (AvgIpc) is 2.73. The van der Waals surface area contributed by atoms with Gasteiger partial charge >= 0.3 is 0 Å². The topological polar surface area (TPSA) is 29.9 Å². The molecule has 3 heteroatoms. The Hall–Kier alpha value is -1.77. The molecule has 1 aromatic heterocycles.